The molecule has 0 amide bonds. The molecular formula is C41H30N2. The zero-order valence-electron chi connectivity index (χ0n) is 24.3. The van der Waals surface area contributed by atoms with Gasteiger partial charge in [-0.25, -0.2) is 9.97 Å². The quantitative estimate of drug-likeness (QED) is 0.218. The van der Waals surface area contributed by atoms with E-state index in [1.54, 1.807) is 0 Å². The highest BCUT2D eigenvalue weighted by Crippen LogP contribution is 2.53. The Morgan fingerprint density at radius 2 is 1.02 bits per heavy atom. The highest BCUT2D eigenvalue weighted by molar-refractivity contribution is 6.00. The molecule has 1 aliphatic carbocycles. The van der Waals surface area contributed by atoms with Gasteiger partial charge in [0.15, 0.2) is 5.82 Å². The Kier molecular flexibility index (Phi) is 5.84. The molecule has 0 bridgehead atoms. The van der Waals surface area contributed by atoms with Gasteiger partial charge in [-0.1, -0.05) is 147 Å². The van der Waals surface area contributed by atoms with Gasteiger partial charge in [0.2, 0.25) is 0 Å². The molecule has 8 rings (SSSR count). The number of hydrogen-bond donors (Lipinski definition) is 0. The lowest BCUT2D eigenvalue weighted by atomic mass is 9.82. The van der Waals surface area contributed by atoms with E-state index in [2.05, 4.69) is 159 Å². The van der Waals surface area contributed by atoms with Crippen molar-refractivity contribution < 1.29 is 0 Å². The van der Waals surface area contributed by atoms with Crippen LogP contribution in [0.1, 0.15) is 25.1 Å². The fourth-order valence-corrected chi connectivity index (χ4v) is 6.72. The van der Waals surface area contributed by atoms with E-state index in [0.29, 0.717) is 0 Å². The van der Waals surface area contributed by atoms with Crippen molar-refractivity contribution >= 4 is 10.8 Å². The largest absolute Gasteiger partial charge is 0.231 e. The molecular weight excluding hydrogens is 520 g/mol. The molecule has 0 unspecified atom stereocenters. The van der Waals surface area contributed by atoms with Crippen molar-refractivity contribution in [2.45, 2.75) is 19.3 Å². The zero-order chi connectivity index (χ0) is 29.0. The molecule has 43 heavy (non-hydrogen) atoms. The summed E-state index contributed by atoms with van der Waals surface area (Å²) < 4.78 is 0. The van der Waals surface area contributed by atoms with Gasteiger partial charge in [0, 0.05) is 22.1 Å². The summed E-state index contributed by atoms with van der Waals surface area (Å²) in [5.74, 6) is 0.754. The van der Waals surface area contributed by atoms with Crippen LogP contribution in [0.15, 0.2) is 146 Å². The minimum absolute atomic E-state index is 0.283. The van der Waals surface area contributed by atoms with Gasteiger partial charge in [0.25, 0.3) is 0 Å². The van der Waals surface area contributed by atoms with E-state index in [4.69, 9.17) is 9.97 Å². The van der Waals surface area contributed by atoms with E-state index in [9.17, 15) is 0 Å². The summed E-state index contributed by atoms with van der Waals surface area (Å²) in [6, 6.07) is 51.6. The van der Waals surface area contributed by atoms with Crippen LogP contribution in [0.3, 0.4) is 0 Å². The summed E-state index contributed by atoms with van der Waals surface area (Å²) in [7, 11) is 0. The predicted octanol–water partition coefficient (Wildman–Crippen LogP) is 10.6. The van der Waals surface area contributed by atoms with E-state index >= 15 is 0 Å². The molecule has 1 aliphatic rings. The lowest BCUT2D eigenvalue weighted by molar-refractivity contribution is 0.641. The monoisotopic (exact) mass is 550 g/mol. The first kappa shape index (κ1) is 25.4. The third-order valence-corrected chi connectivity index (χ3v) is 8.80. The van der Waals surface area contributed by atoms with E-state index in [-0.39, 0.29) is 5.41 Å². The van der Waals surface area contributed by atoms with Crippen LogP contribution in [0.25, 0.3) is 66.8 Å². The molecule has 6 aromatic carbocycles. The normalized spacial score (nSPS) is 13.1. The zero-order valence-corrected chi connectivity index (χ0v) is 24.3. The van der Waals surface area contributed by atoms with Crippen LogP contribution in [0.4, 0.5) is 0 Å². The van der Waals surface area contributed by atoms with Gasteiger partial charge in [-0.2, -0.15) is 0 Å². The van der Waals surface area contributed by atoms with Gasteiger partial charge in [-0.05, 0) is 56.3 Å². The molecule has 0 aliphatic heterocycles. The van der Waals surface area contributed by atoms with Crippen molar-refractivity contribution in [3.05, 3.63) is 157 Å². The van der Waals surface area contributed by atoms with Gasteiger partial charge < -0.3 is 0 Å². The molecule has 0 saturated heterocycles. The summed E-state index contributed by atoms with van der Waals surface area (Å²) in [6.45, 7) is 4.61. The van der Waals surface area contributed by atoms with Crippen molar-refractivity contribution in [1.82, 2.24) is 9.97 Å². The standard InChI is InChI=1S/C41H30N2/c1-41(2)37-34-22-10-9-15-28(34)23-24-35(37)36-38(29-16-7-4-8-17-29)42-40(43-39(36)41)33-21-12-20-32(26-33)31-19-11-18-30(25-31)27-13-5-3-6-14-27/h3-26H,1-2H3. The maximum Gasteiger partial charge on any atom is 0.160 e. The Hall–Kier alpha value is -5.34. The summed E-state index contributed by atoms with van der Waals surface area (Å²) in [6.07, 6.45) is 0. The smallest absolute Gasteiger partial charge is 0.160 e. The lowest BCUT2D eigenvalue weighted by Crippen LogP contribution is -2.18. The van der Waals surface area contributed by atoms with Crippen LogP contribution in [0.5, 0.6) is 0 Å². The Balaban J connectivity index is 1.32. The molecule has 0 radical (unpaired) electrons. The summed E-state index contributed by atoms with van der Waals surface area (Å²) in [5.41, 5.74) is 12.3. The van der Waals surface area contributed by atoms with Crippen LogP contribution < -0.4 is 0 Å². The average Bonchev–Trinajstić information content (AvgIpc) is 3.31. The number of fused-ring (bicyclic) bond motifs is 5. The van der Waals surface area contributed by atoms with Crippen molar-refractivity contribution in [1.29, 1.82) is 0 Å². The first-order valence-electron chi connectivity index (χ1n) is 14.8. The summed E-state index contributed by atoms with van der Waals surface area (Å²) >= 11 is 0. The minimum atomic E-state index is -0.283. The highest BCUT2D eigenvalue weighted by Gasteiger charge is 2.41. The molecule has 1 aromatic heterocycles. The summed E-state index contributed by atoms with van der Waals surface area (Å²) in [5, 5.41) is 2.53. The van der Waals surface area contributed by atoms with Gasteiger partial charge in [-0.3, -0.25) is 0 Å². The molecule has 1 heterocycles. The van der Waals surface area contributed by atoms with Gasteiger partial charge in [-0.15, -0.1) is 0 Å². The fraction of sp³-hybridized carbons (Fsp3) is 0.0732. The Bertz CT molecular complexity index is 2140. The number of benzene rings is 6. The molecule has 2 nitrogen and oxygen atoms in total. The van der Waals surface area contributed by atoms with Crippen molar-refractivity contribution in [3.63, 3.8) is 0 Å². The van der Waals surface area contributed by atoms with E-state index in [1.165, 1.54) is 38.6 Å². The first-order valence-corrected chi connectivity index (χ1v) is 14.8. The summed E-state index contributed by atoms with van der Waals surface area (Å²) in [4.78, 5) is 10.7. The molecule has 204 valence electrons. The highest BCUT2D eigenvalue weighted by atomic mass is 14.9. The second kappa shape index (κ2) is 9.89. The fourth-order valence-electron chi connectivity index (χ4n) is 6.72. The van der Waals surface area contributed by atoms with Crippen LogP contribution >= 0.6 is 0 Å². The molecule has 0 N–H and O–H groups in total. The van der Waals surface area contributed by atoms with E-state index in [1.807, 2.05) is 0 Å². The van der Waals surface area contributed by atoms with Gasteiger partial charge in [0.05, 0.1) is 11.4 Å². The molecule has 0 fully saturated rings. The molecule has 2 heteroatoms. The second-order valence-corrected chi connectivity index (χ2v) is 11.8. The third kappa shape index (κ3) is 4.18. The first-order chi connectivity index (χ1) is 21.1. The Morgan fingerprint density at radius 3 is 1.74 bits per heavy atom. The maximum absolute atomic E-state index is 5.37. The number of nitrogens with zero attached hydrogens (tertiary/aromatic N) is 2. The predicted molar refractivity (Wildman–Crippen MR) is 179 cm³/mol. The third-order valence-electron chi connectivity index (χ3n) is 8.80. The van der Waals surface area contributed by atoms with E-state index in [0.717, 1.165) is 39.5 Å². The molecule has 7 aromatic rings. The van der Waals surface area contributed by atoms with Gasteiger partial charge >= 0.3 is 0 Å². The van der Waals surface area contributed by atoms with Crippen LogP contribution in [-0.2, 0) is 5.41 Å². The SMILES string of the molecule is CC1(C)c2nc(-c3cccc(-c4cccc(-c5ccccc5)c4)c3)nc(-c3ccccc3)c2-c2ccc3ccccc3c21. The molecule has 0 spiro atoms. The molecule has 0 atom stereocenters. The number of aromatic nitrogens is 2. The van der Waals surface area contributed by atoms with Crippen LogP contribution in [-0.4, -0.2) is 9.97 Å². The lowest BCUT2D eigenvalue weighted by Gasteiger charge is -2.22. The van der Waals surface area contributed by atoms with Crippen molar-refractivity contribution in [3.8, 4) is 56.0 Å². The minimum Gasteiger partial charge on any atom is -0.231 e. The second-order valence-electron chi connectivity index (χ2n) is 11.8. The van der Waals surface area contributed by atoms with E-state index < -0.39 is 0 Å². The Morgan fingerprint density at radius 1 is 0.465 bits per heavy atom. The van der Waals surface area contributed by atoms with Gasteiger partial charge in [0.1, 0.15) is 0 Å². The van der Waals surface area contributed by atoms with Crippen LogP contribution in [0.2, 0.25) is 0 Å². The maximum atomic E-state index is 5.37. The van der Waals surface area contributed by atoms with Crippen LogP contribution in [0, 0.1) is 0 Å². The topological polar surface area (TPSA) is 25.8 Å². The van der Waals surface area contributed by atoms with Crippen molar-refractivity contribution in [2.75, 3.05) is 0 Å². The Labute approximate surface area is 252 Å². The molecule has 0 saturated carbocycles. The number of rotatable bonds is 4. The number of hydrogen-bond acceptors (Lipinski definition) is 2. The average molecular weight is 551 g/mol. The van der Waals surface area contributed by atoms with Crippen molar-refractivity contribution in [2.24, 2.45) is 0 Å².